The van der Waals surface area contributed by atoms with Crippen LogP contribution in [0, 0.1) is 23.7 Å². The molecule has 1 fully saturated rings. The van der Waals surface area contributed by atoms with Gasteiger partial charge in [-0.05, 0) is 32.4 Å². The molecule has 1 saturated heterocycles. The molecule has 1 unspecified atom stereocenters. The molecule has 18 heavy (non-hydrogen) atoms. The zero-order chi connectivity index (χ0) is 13.2. The van der Waals surface area contributed by atoms with Gasteiger partial charge in [-0.1, -0.05) is 5.92 Å². The van der Waals surface area contributed by atoms with Gasteiger partial charge in [-0.25, -0.2) is 4.98 Å². The van der Waals surface area contributed by atoms with E-state index in [1.54, 1.807) is 6.07 Å². The molecule has 0 bridgehead atoms. The van der Waals surface area contributed by atoms with Gasteiger partial charge in [0, 0.05) is 13.1 Å². The highest BCUT2D eigenvalue weighted by Gasteiger charge is 2.37. The van der Waals surface area contributed by atoms with Crippen molar-refractivity contribution in [2.24, 2.45) is 5.41 Å². The number of aromatic nitrogens is 1. The topological polar surface area (TPSA) is 25.4 Å². The molecule has 3 nitrogen and oxygen atoms in total. The van der Waals surface area contributed by atoms with Gasteiger partial charge >= 0.3 is 0 Å². The van der Waals surface area contributed by atoms with E-state index in [2.05, 4.69) is 15.8 Å². The Labute approximate surface area is 107 Å². The van der Waals surface area contributed by atoms with Crippen LogP contribution in [0.15, 0.2) is 18.3 Å². The first-order valence-corrected chi connectivity index (χ1v) is 6.03. The first-order chi connectivity index (χ1) is 8.53. The first-order valence-electron chi connectivity index (χ1n) is 6.03. The van der Waals surface area contributed by atoms with E-state index in [0.717, 1.165) is 19.5 Å². The smallest absolute Gasteiger partial charge is 0.213 e. The highest BCUT2D eigenvalue weighted by Crippen LogP contribution is 2.30. The van der Waals surface area contributed by atoms with Crippen molar-refractivity contribution in [2.75, 3.05) is 13.1 Å². The van der Waals surface area contributed by atoms with Gasteiger partial charge in [0.25, 0.3) is 0 Å². The van der Waals surface area contributed by atoms with Crippen LogP contribution < -0.4 is 4.74 Å². The normalized spacial score (nSPS) is 17.7. The lowest BCUT2D eigenvalue weighted by Gasteiger charge is -2.43. The molecule has 0 N–H and O–H groups in total. The van der Waals surface area contributed by atoms with Crippen molar-refractivity contribution in [3.63, 3.8) is 0 Å². The summed E-state index contributed by atoms with van der Waals surface area (Å²) in [6.45, 7) is 5.88. The average molecular weight is 248 g/mol. The number of likely N-dealkylation sites (tertiary alicyclic amines) is 1. The average Bonchev–Trinajstić information content (AvgIpc) is 2.28. The minimum absolute atomic E-state index is 0.205. The van der Waals surface area contributed by atoms with Crippen molar-refractivity contribution < 1.29 is 9.13 Å². The molecule has 0 aromatic carbocycles. The lowest BCUT2D eigenvalue weighted by molar-refractivity contribution is -0.0665. The number of nitrogens with zero attached hydrogens (tertiary/aromatic N) is 2. The largest absolute Gasteiger partial charge is 0.472 e. The molecule has 4 heteroatoms. The fourth-order valence-corrected chi connectivity index (χ4v) is 1.89. The highest BCUT2D eigenvalue weighted by atomic mass is 19.1. The van der Waals surface area contributed by atoms with Crippen LogP contribution in [-0.2, 0) is 0 Å². The second-order valence-corrected chi connectivity index (χ2v) is 5.04. The van der Waals surface area contributed by atoms with E-state index in [1.807, 2.05) is 13.8 Å². The van der Waals surface area contributed by atoms with Crippen molar-refractivity contribution in [3.8, 4) is 18.1 Å². The van der Waals surface area contributed by atoms with Gasteiger partial charge in [-0.2, -0.15) is 4.39 Å². The molecule has 0 saturated carbocycles. The third-order valence-corrected chi connectivity index (χ3v) is 3.16. The summed E-state index contributed by atoms with van der Waals surface area (Å²) in [5, 5.41) is 0. The van der Waals surface area contributed by atoms with E-state index in [4.69, 9.17) is 11.2 Å². The lowest BCUT2D eigenvalue weighted by Crippen LogP contribution is -2.54. The van der Waals surface area contributed by atoms with Crippen molar-refractivity contribution in [1.82, 2.24) is 9.88 Å². The summed E-state index contributed by atoms with van der Waals surface area (Å²) in [5.41, 5.74) is -0.408. The first kappa shape index (κ1) is 12.8. The summed E-state index contributed by atoms with van der Waals surface area (Å²) in [5.74, 6) is 2.78. The summed E-state index contributed by atoms with van der Waals surface area (Å²) in [7, 11) is 0. The Morgan fingerprint density at radius 1 is 1.50 bits per heavy atom. The molecule has 1 aliphatic heterocycles. The van der Waals surface area contributed by atoms with E-state index < -0.39 is 11.4 Å². The summed E-state index contributed by atoms with van der Waals surface area (Å²) >= 11 is 0. The van der Waals surface area contributed by atoms with Crippen LogP contribution in [0.25, 0.3) is 0 Å². The molecule has 0 radical (unpaired) electrons. The SMILES string of the molecule is C#CC(C)(C)C(Oc1ccc(F)nc1)N1CCC1. The monoisotopic (exact) mass is 248 g/mol. The highest BCUT2D eigenvalue weighted by molar-refractivity contribution is 5.18. The Kier molecular flexibility index (Phi) is 3.53. The van der Waals surface area contributed by atoms with Crippen molar-refractivity contribution in [3.05, 3.63) is 24.3 Å². The zero-order valence-electron chi connectivity index (χ0n) is 10.7. The molecule has 96 valence electrons. The predicted molar refractivity (Wildman–Crippen MR) is 67.4 cm³/mol. The van der Waals surface area contributed by atoms with Gasteiger partial charge in [0.2, 0.25) is 5.95 Å². The molecular weight excluding hydrogens is 231 g/mol. The van der Waals surface area contributed by atoms with Crippen molar-refractivity contribution in [1.29, 1.82) is 0 Å². The van der Waals surface area contributed by atoms with E-state index in [1.165, 1.54) is 12.3 Å². The number of hydrogen-bond donors (Lipinski definition) is 0. The minimum atomic E-state index is -0.515. The molecule has 1 atom stereocenters. The fourth-order valence-electron chi connectivity index (χ4n) is 1.89. The van der Waals surface area contributed by atoms with Crippen molar-refractivity contribution >= 4 is 0 Å². The number of ether oxygens (including phenoxy) is 1. The molecule has 0 aliphatic carbocycles. The van der Waals surface area contributed by atoms with Crippen LogP contribution in [0.3, 0.4) is 0 Å². The summed E-state index contributed by atoms with van der Waals surface area (Å²) in [4.78, 5) is 5.77. The van der Waals surface area contributed by atoms with Crippen LogP contribution in [0.4, 0.5) is 4.39 Å². The second-order valence-electron chi connectivity index (χ2n) is 5.04. The molecule has 0 amide bonds. The van der Waals surface area contributed by atoms with Crippen molar-refractivity contribution in [2.45, 2.75) is 26.5 Å². The van der Waals surface area contributed by atoms with Gasteiger partial charge in [0.15, 0.2) is 6.23 Å². The molecule has 2 heterocycles. The van der Waals surface area contributed by atoms with Gasteiger partial charge in [-0.3, -0.25) is 4.90 Å². The standard InChI is InChI=1S/C14H17FN2O/c1-4-14(2,3)13(17-8-5-9-17)18-11-6-7-12(15)16-10-11/h1,6-7,10,13H,5,8-9H2,2-3H3. The molecule has 1 aliphatic rings. The number of halogens is 1. The zero-order valence-corrected chi connectivity index (χ0v) is 10.7. The van der Waals surface area contributed by atoms with Crippen LogP contribution >= 0.6 is 0 Å². The molecule has 0 spiro atoms. The van der Waals surface area contributed by atoms with Gasteiger partial charge in [0.05, 0.1) is 11.6 Å². The van der Waals surface area contributed by atoms with E-state index in [-0.39, 0.29) is 6.23 Å². The van der Waals surface area contributed by atoms with Crippen LogP contribution in [0.1, 0.15) is 20.3 Å². The maximum atomic E-state index is 12.8. The van der Waals surface area contributed by atoms with Gasteiger partial charge < -0.3 is 4.74 Å². The van der Waals surface area contributed by atoms with E-state index >= 15 is 0 Å². The minimum Gasteiger partial charge on any atom is -0.472 e. The van der Waals surface area contributed by atoms with Crippen LogP contribution in [0.5, 0.6) is 5.75 Å². The van der Waals surface area contributed by atoms with E-state index in [9.17, 15) is 4.39 Å². The van der Waals surface area contributed by atoms with Crippen LogP contribution in [-0.4, -0.2) is 29.2 Å². The Bertz CT molecular complexity index is 446. The molecule has 2 rings (SSSR count). The summed E-state index contributed by atoms with van der Waals surface area (Å²) in [6, 6.07) is 2.85. The Morgan fingerprint density at radius 3 is 2.67 bits per heavy atom. The summed E-state index contributed by atoms with van der Waals surface area (Å²) < 4.78 is 18.6. The number of terminal acetylenes is 1. The predicted octanol–water partition coefficient (Wildman–Crippen LogP) is 2.29. The summed E-state index contributed by atoms with van der Waals surface area (Å²) in [6.07, 6.45) is 7.90. The third-order valence-electron chi connectivity index (χ3n) is 3.16. The fraction of sp³-hybridized carbons (Fsp3) is 0.500. The van der Waals surface area contributed by atoms with Gasteiger partial charge in [0.1, 0.15) is 5.75 Å². The molecule has 1 aromatic rings. The second kappa shape index (κ2) is 4.95. The Balaban J connectivity index is 2.15. The van der Waals surface area contributed by atoms with Crippen LogP contribution in [0.2, 0.25) is 0 Å². The van der Waals surface area contributed by atoms with E-state index in [0.29, 0.717) is 5.75 Å². The van der Waals surface area contributed by atoms with Gasteiger partial charge in [-0.15, -0.1) is 6.42 Å². The number of pyridine rings is 1. The maximum absolute atomic E-state index is 12.8. The lowest BCUT2D eigenvalue weighted by atomic mass is 9.90. The maximum Gasteiger partial charge on any atom is 0.213 e. The Morgan fingerprint density at radius 2 is 2.22 bits per heavy atom. The number of hydrogen-bond acceptors (Lipinski definition) is 3. The third kappa shape index (κ3) is 2.62. The number of rotatable bonds is 4. The molecule has 1 aromatic heterocycles. The molecular formula is C14H17FN2O. The Hall–Kier alpha value is -1.60. The quantitative estimate of drug-likeness (QED) is 0.604.